The highest BCUT2D eigenvalue weighted by atomic mass is 32.2. The Balaban J connectivity index is 2.02. The van der Waals surface area contributed by atoms with Crippen LogP contribution < -0.4 is 5.73 Å². The fraction of sp³-hybridized carbons (Fsp3) is 0.625. The largest absolute Gasteiger partial charge is 0.377 e. The maximum absolute atomic E-state index is 6.04. The summed E-state index contributed by atoms with van der Waals surface area (Å²) in [6.07, 6.45) is 3.55. The highest BCUT2D eigenvalue weighted by Crippen LogP contribution is 2.33. The van der Waals surface area contributed by atoms with Crippen molar-refractivity contribution in [1.29, 1.82) is 0 Å². The first-order valence-corrected chi connectivity index (χ1v) is 8.11. The average Bonchev–Trinajstić information content (AvgIpc) is 2.78. The lowest BCUT2D eigenvalue weighted by Crippen LogP contribution is -2.21. The molecule has 3 unspecified atom stereocenters. The molecule has 0 aromatic heterocycles. The van der Waals surface area contributed by atoms with E-state index < -0.39 is 0 Å². The van der Waals surface area contributed by atoms with E-state index in [0.29, 0.717) is 11.4 Å². The summed E-state index contributed by atoms with van der Waals surface area (Å²) in [6, 6.07) is 7.06. The molecule has 2 rings (SSSR count). The van der Waals surface area contributed by atoms with Crippen LogP contribution in [-0.2, 0) is 11.2 Å². The Kier molecular flexibility index (Phi) is 5.31. The van der Waals surface area contributed by atoms with Gasteiger partial charge in [-0.2, -0.15) is 0 Å². The number of hydrogen-bond acceptors (Lipinski definition) is 3. The van der Waals surface area contributed by atoms with E-state index >= 15 is 0 Å². The van der Waals surface area contributed by atoms with Crippen LogP contribution in [0.25, 0.3) is 0 Å². The Morgan fingerprint density at radius 3 is 2.84 bits per heavy atom. The van der Waals surface area contributed by atoms with Crippen molar-refractivity contribution in [2.24, 2.45) is 5.73 Å². The van der Waals surface area contributed by atoms with Crippen LogP contribution in [0.4, 0.5) is 0 Å². The second-order valence-electron chi connectivity index (χ2n) is 5.48. The van der Waals surface area contributed by atoms with Gasteiger partial charge >= 0.3 is 0 Å². The Hall–Kier alpha value is -0.510. The zero-order valence-electron chi connectivity index (χ0n) is 12.2. The number of ether oxygens (including phenoxy) is 1. The quantitative estimate of drug-likeness (QED) is 0.895. The second-order valence-corrected chi connectivity index (χ2v) is 6.79. The fourth-order valence-electron chi connectivity index (χ4n) is 2.44. The van der Waals surface area contributed by atoms with Gasteiger partial charge in [0.25, 0.3) is 0 Å². The Bertz CT molecular complexity index is 421. The van der Waals surface area contributed by atoms with Crippen LogP contribution in [-0.4, -0.2) is 24.0 Å². The number of hydrogen-bond donors (Lipinski definition) is 1. The van der Waals surface area contributed by atoms with Crippen molar-refractivity contribution in [3.05, 3.63) is 29.3 Å². The monoisotopic (exact) mass is 279 g/mol. The van der Waals surface area contributed by atoms with Gasteiger partial charge in [-0.1, -0.05) is 13.0 Å². The number of aryl methyl sites for hydroxylation is 1. The highest BCUT2D eigenvalue weighted by Gasteiger charge is 2.25. The molecule has 19 heavy (non-hydrogen) atoms. The summed E-state index contributed by atoms with van der Waals surface area (Å²) in [5.41, 5.74) is 8.79. The molecule has 0 bridgehead atoms. The van der Waals surface area contributed by atoms with Crippen molar-refractivity contribution >= 4 is 11.8 Å². The molecule has 1 saturated heterocycles. The summed E-state index contributed by atoms with van der Waals surface area (Å²) in [6.45, 7) is 7.41. The van der Waals surface area contributed by atoms with E-state index in [-0.39, 0.29) is 6.04 Å². The number of benzene rings is 1. The molecule has 106 valence electrons. The van der Waals surface area contributed by atoms with E-state index in [2.05, 4.69) is 39.0 Å². The van der Waals surface area contributed by atoms with Crippen molar-refractivity contribution in [1.82, 2.24) is 0 Å². The molecule has 1 aliphatic rings. The van der Waals surface area contributed by atoms with Gasteiger partial charge in [0, 0.05) is 22.8 Å². The van der Waals surface area contributed by atoms with Crippen LogP contribution in [0.2, 0.25) is 0 Å². The van der Waals surface area contributed by atoms with Gasteiger partial charge in [-0.25, -0.2) is 0 Å². The smallest absolute Gasteiger partial charge is 0.0669 e. The molecule has 0 spiro atoms. The summed E-state index contributed by atoms with van der Waals surface area (Å²) < 4.78 is 5.62. The van der Waals surface area contributed by atoms with Crippen molar-refractivity contribution in [3.63, 3.8) is 0 Å². The maximum atomic E-state index is 6.04. The minimum atomic E-state index is 0.278. The van der Waals surface area contributed by atoms with E-state index in [4.69, 9.17) is 10.5 Å². The molecule has 0 amide bonds. The normalized spacial score (nSPS) is 24.6. The van der Waals surface area contributed by atoms with Crippen LogP contribution in [0.1, 0.15) is 37.8 Å². The number of rotatable bonds is 5. The van der Waals surface area contributed by atoms with Crippen LogP contribution >= 0.6 is 11.8 Å². The van der Waals surface area contributed by atoms with Gasteiger partial charge in [0.05, 0.1) is 6.10 Å². The van der Waals surface area contributed by atoms with Crippen LogP contribution in [0.15, 0.2) is 23.1 Å². The molecule has 1 aromatic carbocycles. The fourth-order valence-corrected chi connectivity index (χ4v) is 3.66. The molecule has 0 radical (unpaired) electrons. The zero-order valence-corrected chi connectivity index (χ0v) is 13.0. The third-order valence-corrected chi connectivity index (χ3v) is 5.36. The topological polar surface area (TPSA) is 35.2 Å². The first-order valence-electron chi connectivity index (χ1n) is 7.23. The molecule has 1 aromatic rings. The number of nitrogens with two attached hydrogens (primary N) is 1. The van der Waals surface area contributed by atoms with Crippen molar-refractivity contribution in [2.45, 2.75) is 62.3 Å². The van der Waals surface area contributed by atoms with Gasteiger partial charge in [0.1, 0.15) is 0 Å². The van der Waals surface area contributed by atoms with Crippen LogP contribution in [0.5, 0.6) is 0 Å². The molecule has 2 N–H and O–H groups in total. The minimum absolute atomic E-state index is 0.278. The number of thioether (sulfide) groups is 1. The van der Waals surface area contributed by atoms with E-state index in [0.717, 1.165) is 25.9 Å². The molecule has 3 heteroatoms. The van der Waals surface area contributed by atoms with Gasteiger partial charge in [-0.05, 0) is 56.4 Å². The maximum Gasteiger partial charge on any atom is 0.0669 e. The first kappa shape index (κ1) is 14.9. The van der Waals surface area contributed by atoms with Gasteiger partial charge < -0.3 is 10.5 Å². The summed E-state index contributed by atoms with van der Waals surface area (Å²) in [4.78, 5) is 1.36. The minimum Gasteiger partial charge on any atom is -0.377 e. The van der Waals surface area contributed by atoms with Gasteiger partial charge in [0.2, 0.25) is 0 Å². The lowest BCUT2D eigenvalue weighted by molar-refractivity contribution is 0.127. The van der Waals surface area contributed by atoms with E-state index in [1.807, 2.05) is 11.8 Å². The molecule has 3 atom stereocenters. The molecule has 0 aliphatic carbocycles. The third kappa shape index (κ3) is 3.98. The summed E-state index contributed by atoms with van der Waals surface area (Å²) >= 11 is 1.95. The van der Waals surface area contributed by atoms with E-state index in [9.17, 15) is 0 Å². The molecule has 0 saturated carbocycles. The second kappa shape index (κ2) is 6.78. The SMILES string of the molecule is CCC(N)Cc1ccc(SC2CCOC2C)cc1C. The van der Waals surface area contributed by atoms with Gasteiger partial charge in [-0.3, -0.25) is 0 Å². The molecular formula is C16H25NOS. The Morgan fingerprint density at radius 1 is 1.47 bits per heavy atom. The summed E-state index contributed by atoms with van der Waals surface area (Å²) in [5, 5.41) is 0.600. The predicted molar refractivity (Wildman–Crippen MR) is 82.8 cm³/mol. The van der Waals surface area contributed by atoms with E-state index in [1.165, 1.54) is 16.0 Å². The molecule has 2 nitrogen and oxygen atoms in total. The lowest BCUT2D eigenvalue weighted by atomic mass is 10.0. The van der Waals surface area contributed by atoms with Crippen molar-refractivity contribution < 1.29 is 4.74 Å². The van der Waals surface area contributed by atoms with E-state index in [1.54, 1.807) is 0 Å². The third-order valence-electron chi connectivity index (χ3n) is 3.91. The van der Waals surface area contributed by atoms with Crippen LogP contribution in [0, 0.1) is 6.92 Å². The first-order chi connectivity index (χ1) is 9.10. The standard InChI is InChI=1S/C16H25NOS/c1-4-14(17)10-13-5-6-15(9-11(13)2)19-16-7-8-18-12(16)3/h5-6,9,12,14,16H,4,7-8,10,17H2,1-3H3. The molecule has 1 heterocycles. The Morgan fingerprint density at radius 2 is 2.26 bits per heavy atom. The van der Waals surface area contributed by atoms with Crippen molar-refractivity contribution in [2.75, 3.05) is 6.61 Å². The molecular weight excluding hydrogens is 254 g/mol. The van der Waals surface area contributed by atoms with Crippen molar-refractivity contribution in [3.8, 4) is 0 Å². The van der Waals surface area contributed by atoms with Crippen LogP contribution in [0.3, 0.4) is 0 Å². The lowest BCUT2D eigenvalue weighted by Gasteiger charge is -2.16. The predicted octanol–water partition coefficient (Wildman–Crippen LogP) is 3.54. The summed E-state index contributed by atoms with van der Waals surface area (Å²) in [7, 11) is 0. The average molecular weight is 279 g/mol. The van der Waals surface area contributed by atoms with Gasteiger partial charge in [-0.15, -0.1) is 11.8 Å². The zero-order chi connectivity index (χ0) is 13.8. The highest BCUT2D eigenvalue weighted by molar-refractivity contribution is 8.00. The Labute approximate surface area is 121 Å². The molecule has 1 fully saturated rings. The summed E-state index contributed by atoms with van der Waals surface area (Å²) in [5.74, 6) is 0. The molecule has 1 aliphatic heterocycles. The van der Waals surface area contributed by atoms with Gasteiger partial charge in [0.15, 0.2) is 0 Å².